The molecule has 2 heterocycles. The summed E-state index contributed by atoms with van der Waals surface area (Å²) in [7, 11) is 0. The van der Waals surface area contributed by atoms with Gasteiger partial charge < -0.3 is 10.2 Å². The summed E-state index contributed by atoms with van der Waals surface area (Å²) in [6, 6.07) is 2.97. The minimum absolute atomic E-state index is 0.0170. The number of carboxylic acid groups (broad SMARTS) is 1. The first-order chi connectivity index (χ1) is 13.3. The van der Waals surface area contributed by atoms with Crippen LogP contribution in [0.3, 0.4) is 0 Å². The topological polar surface area (TPSA) is 107 Å². The number of aliphatic carboxylic acids is 1. The smallest absolute Gasteiger partial charge is 0.416 e. The number of likely N-dealkylation sites (tertiary alicyclic amines) is 1. The van der Waals surface area contributed by atoms with E-state index in [1.807, 2.05) is 0 Å². The van der Waals surface area contributed by atoms with Gasteiger partial charge in [-0.1, -0.05) is 12.1 Å². The molecule has 158 valence electrons. The molecule has 3 rings (SSSR count). The van der Waals surface area contributed by atoms with Crippen LogP contribution in [0.15, 0.2) is 24.3 Å². The fourth-order valence-electron chi connectivity index (χ4n) is 4.27. The second-order valence-corrected chi connectivity index (χ2v) is 8.37. The molecule has 3 N–H and O–H groups in total. The fourth-order valence-corrected chi connectivity index (χ4v) is 4.27. The van der Waals surface area contributed by atoms with Crippen molar-refractivity contribution in [1.82, 2.24) is 10.2 Å². The maximum Gasteiger partial charge on any atom is 0.416 e. The Hall–Kier alpha value is -2.46. The van der Waals surface area contributed by atoms with Crippen LogP contribution < -0.4 is 5.32 Å². The lowest BCUT2D eigenvalue weighted by molar-refractivity contribution is -0.155. The van der Waals surface area contributed by atoms with Gasteiger partial charge in [-0.05, 0) is 38.5 Å². The predicted octanol–water partition coefficient (Wildman–Crippen LogP) is 1.57. The number of amides is 2. The zero-order chi connectivity index (χ0) is 21.9. The molecule has 2 aliphatic heterocycles. The maximum atomic E-state index is 13.1. The summed E-state index contributed by atoms with van der Waals surface area (Å²) in [5.41, 5.74) is -4.09. The summed E-state index contributed by atoms with van der Waals surface area (Å²) in [5.74, 6) is -5.71. The number of hydrogen-bond donors (Lipinski definition) is 3. The van der Waals surface area contributed by atoms with Crippen molar-refractivity contribution in [2.45, 2.75) is 44.1 Å². The Morgan fingerprint density at radius 2 is 1.83 bits per heavy atom. The Balaban J connectivity index is 2.17. The molecule has 0 radical (unpaired) electrons. The highest BCUT2D eigenvalue weighted by Crippen LogP contribution is 2.50. The number of alkyl halides is 3. The number of nitrogens with zero attached hydrogens (tertiary/aromatic N) is 1. The van der Waals surface area contributed by atoms with E-state index in [-0.39, 0.29) is 5.56 Å². The van der Waals surface area contributed by atoms with Gasteiger partial charge in [0.05, 0.1) is 24.0 Å². The van der Waals surface area contributed by atoms with Gasteiger partial charge in [0.15, 0.2) is 5.54 Å². The monoisotopic (exact) mass is 414 g/mol. The van der Waals surface area contributed by atoms with Crippen molar-refractivity contribution in [2.75, 3.05) is 6.61 Å². The molecular formula is C19H21F3N2O5. The molecule has 0 aliphatic carbocycles. The number of carbonyl (C=O) groups is 3. The Labute approximate surface area is 164 Å². The number of benzene rings is 1. The van der Waals surface area contributed by atoms with Gasteiger partial charge >= 0.3 is 12.1 Å². The molecule has 2 aliphatic rings. The van der Waals surface area contributed by atoms with Crippen molar-refractivity contribution in [3.8, 4) is 0 Å². The molecule has 7 nitrogen and oxygen atoms in total. The average Bonchev–Trinajstić information content (AvgIpc) is 3.09. The van der Waals surface area contributed by atoms with Crippen LogP contribution in [0.25, 0.3) is 0 Å². The molecule has 4 atom stereocenters. The van der Waals surface area contributed by atoms with Crippen LogP contribution in [-0.2, 0) is 20.6 Å². The van der Waals surface area contributed by atoms with Gasteiger partial charge in [0.25, 0.3) is 0 Å². The van der Waals surface area contributed by atoms with Crippen molar-refractivity contribution < 1.29 is 37.8 Å². The van der Waals surface area contributed by atoms with Gasteiger partial charge in [0.2, 0.25) is 11.8 Å². The molecule has 0 spiro atoms. The molecule has 2 fully saturated rings. The van der Waals surface area contributed by atoms with Crippen LogP contribution >= 0.6 is 0 Å². The van der Waals surface area contributed by atoms with Crippen LogP contribution in [0.1, 0.15) is 37.9 Å². The Bertz CT molecular complexity index is 879. The van der Waals surface area contributed by atoms with E-state index in [9.17, 15) is 37.8 Å². The fraction of sp³-hybridized carbons (Fsp3) is 0.526. The van der Waals surface area contributed by atoms with E-state index in [4.69, 9.17) is 0 Å². The van der Waals surface area contributed by atoms with E-state index in [1.54, 1.807) is 20.8 Å². The Kier molecular flexibility index (Phi) is 4.78. The molecular weight excluding hydrogens is 393 g/mol. The summed E-state index contributed by atoms with van der Waals surface area (Å²) in [6.07, 6.45) is -4.64. The lowest BCUT2D eigenvalue weighted by atomic mass is 9.79. The number of nitrogens with one attached hydrogen (secondary N) is 1. The van der Waals surface area contributed by atoms with Gasteiger partial charge in [-0.3, -0.25) is 24.6 Å². The lowest BCUT2D eigenvalue weighted by Crippen LogP contribution is -2.59. The van der Waals surface area contributed by atoms with Crippen molar-refractivity contribution in [2.24, 2.45) is 11.8 Å². The second kappa shape index (κ2) is 6.53. The number of aliphatic hydroxyl groups is 1. The number of halogens is 3. The zero-order valence-electron chi connectivity index (χ0n) is 15.9. The van der Waals surface area contributed by atoms with E-state index in [0.29, 0.717) is 0 Å². The third kappa shape index (κ3) is 3.10. The summed E-state index contributed by atoms with van der Waals surface area (Å²) in [4.78, 5) is 39.1. The first kappa shape index (κ1) is 21.3. The molecule has 1 aromatic carbocycles. The quantitative estimate of drug-likeness (QED) is 0.649. The van der Waals surface area contributed by atoms with Crippen LogP contribution in [0.2, 0.25) is 0 Å². The molecule has 2 amide bonds. The summed E-state index contributed by atoms with van der Waals surface area (Å²) < 4.78 is 39.4. The van der Waals surface area contributed by atoms with Gasteiger partial charge in [-0.2, -0.15) is 13.2 Å². The van der Waals surface area contributed by atoms with Crippen LogP contribution in [0, 0.1) is 11.8 Å². The van der Waals surface area contributed by atoms with E-state index < -0.39 is 65.1 Å². The standard InChI is InChI=1S/C19H21F3N2O5/c1-17(2,3)24-14(26)11-12(15(24)27)18(8-25,16(28)29)23-13(11)9-5-4-6-10(7-9)19(20,21)22/h4-7,11-13,23,25H,8H2,1-3H3,(H,28,29). The summed E-state index contributed by atoms with van der Waals surface area (Å²) in [6.45, 7) is 3.78. The SMILES string of the molecule is CC(C)(C)N1C(=O)C2C(c3cccc(C(F)(F)F)c3)NC(CO)(C(=O)O)C2C1=O. The molecule has 1 aromatic rings. The van der Waals surface area contributed by atoms with Gasteiger partial charge in [0.1, 0.15) is 0 Å². The number of carboxylic acids is 1. The summed E-state index contributed by atoms with van der Waals surface area (Å²) >= 11 is 0. The number of aliphatic hydroxyl groups excluding tert-OH is 1. The molecule has 0 aromatic heterocycles. The first-order valence-electron chi connectivity index (χ1n) is 8.92. The maximum absolute atomic E-state index is 13.1. The second-order valence-electron chi connectivity index (χ2n) is 8.37. The largest absolute Gasteiger partial charge is 0.480 e. The third-order valence-electron chi connectivity index (χ3n) is 5.53. The highest BCUT2D eigenvalue weighted by atomic mass is 19.4. The lowest BCUT2D eigenvalue weighted by Gasteiger charge is -2.34. The van der Waals surface area contributed by atoms with Gasteiger partial charge in [-0.25, -0.2) is 0 Å². The van der Waals surface area contributed by atoms with E-state index in [1.165, 1.54) is 6.07 Å². The number of hydrogen-bond acceptors (Lipinski definition) is 5. The zero-order valence-corrected chi connectivity index (χ0v) is 15.9. The number of carbonyl (C=O) groups excluding carboxylic acids is 2. The minimum Gasteiger partial charge on any atom is -0.480 e. The third-order valence-corrected chi connectivity index (χ3v) is 5.53. The van der Waals surface area contributed by atoms with E-state index in [2.05, 4.69) is 5.32 Å². The predicted molar refractivity (Wildman–Crippen MR) is 93.4 cm³/mol. The molecule has 0 bridgehead atoms. The molecule has 29 heavy (non-hydrogen) atoms. The van der Waals surface area contributed by atoms with Crippen molar-refractivity contribution in [3.05, 3.63) is 35.4 Å². The van der Waals surface area contributed by atoms with Crippen LogP contribution in [-0.4, -0.2) is 50.6 Å². The highest BCUT2D eigenvalue weighted by Gasteiger charge is 2.69. The first-order valence-corrected chi connectivity index (χ1v) is 8.92. The minimum atomic E-state index is -4.64. The van der Waals surface area contributed by atoms with E-state index >= 15 is 0 Å². The van der Waals surface area contributed by atoms with Gasteiger partial charge in [0, 0.05) is 11.6 Å². The van der Waals surface area contributed by atoms with Crippen LogP contribution in [0.4, 0.5) is 13.2 Å². The highest BCUT2D eigenvalue weighted by molar-refractivity contribution is 6.10. The number of fused-ring (bicyclic) bond motifs is 1. The normalized spacial score (nSPS) is 30.0. The van der Waals surface area contributed by atoms with Crippen molar-refractivity contribution >= 4 is 17.8 Å². The molecule has 4 unspecified atom stereocenters. The molecule has 10 heteroatoms. The number of imide groups is 1. The Morgan fingerprint density at radius 3 is 2.31 bits per heavy atom. The van der Waals surface area contributed by atoms with Crippen molar-refractivity contribution in [1.29, 1.82) is 0 Å². The Morgan fingerprint density at radius 1 is 1.21 bits per heavy atom. The summed E-state index contributed by atoms with van der Waals surface area (Å²) in [5, 5.41) is 22.2. The molecule has 0 saturated carbocycles. The number of rotatable bonds is 3. The van der Waals surface area contributed by atoms with Crippen LogP contribution in [0.5, 0.6) is 0 Å². The van der Waals surface area contributed by atoms with Gasteiger partial charge in [-0.15, -0.1) is 0 Å². The van der Waals surface area contributed by atoms with Crippen molar-refractivity contribution in [3.63, 3.8) is 0 Å². The van der Waals surface area contributed by atoms with E-state index in [0.717, 1.165) is 23.1 Å². The average molecular weight is 414 g/mol. The molecule has 2 saturated heterocycles.